The fourth-order valence-corrected chi connectivity index (χ4v) is 4.52. The van der Waals surface area contributed by atoms with Crippen LogP contribution in [0, 0.1) is 11.8 Å². The Morgan fingerprint density at radius 3 is 1.55 bits per heavy atom. The van der Waals surface area contributed by atoms with E-state index in [-0.39, 0.29) is 0 Å². The zero-order chi connectivity index (χ0) is 13.1. The summed E-state index contributed by atoms with van der Waals surface area (Å²) in [6.45, 7) is 0. The highest BCUT2D eigenvalue weighted by molar-refractivity contribution is 6.03. The molecule has 0 spiro atoms. The summed E-state index contributed by atoms with van der Waals surface area (Å²) in [5.74, 6) is 1.80. The van der Waals surface area contributed by atoms with E-state index in [1.165, 1.54) is 47.9 Å². The van der Waals surface area contributed by atoms with E-state index in [0.717, 1.165) is 11.8 Å². The molecule has 0 heteroatoms. The molecule has 3 aliphatic rings. The predicted molar refractivity (Wildman–Crippen MR) is 83.3 cm³/mol. The Labute approximate surface area is 120 Å². The van der Waals surface area contributed by atoms with Crippen molar-refractivity contribution in [3.8, 4) is 11.1 Å². The van der Waals surface area contributed by atoms with Crippen molar-refractivity contribution in [2.24, 2.45) is 11.8 Å². The van der Waals surface area contributed by atoms with Gasteiger partial charge in [0.2, 0.25) is 0 Å². The van der Waals surface area contributed by atoms with Crippen molar-refractivity contribution in [2.45, 2.75) is 25.7 Å². The van der Waals surface area contributed by atoms with Gasteiger partial charge in [0, 0.05) is 0 Å². The van der Waals surface area contributed by atoms with Crippen molar-refractivity contribution in [1.82, 2.24) is 0 Å². The number of allylic oxidation sites excluding steroid dienone is 1. The summed E-state index contributed by atoms with van der Waals surface area (Å²) < 4.78 is 0. The maximum atomic E-state index is 2.32. The van der Waals surface area contributed by atoms with E-state index >= 15 is 0 Å². The fraction of sp³-hybridized carbons (Fsp3) is 0.300. The molecule has 0 bridgehead atoms. The van der Waals surface area contributed by atoms with Crippen molar-refractivity contribution in [3.63, 3.8) is 0 Å². The lowest BCUT2D eigenvalue weighted by atomic mass is 10.0. The standard InChI is InChI=1S/C20H18/c1-3-9-15-13(7-1)14-8-2-4-10-16(14)19(15)20-17-11-5-6-12-18(17)20/h1-4,7-10,17-18H,5-6,11-12H2. The van der Waals surface area contributed by atoms with E-state index in [1.54, 1.807) is 11.1 Å². The lowest BCUT2D eigenvalue weighted by Crippen LogP contribution is -1.91. The van der Waals surface area contributed by atoms with Crippen LogP contribution in [0.1, 0.15) is 36.8 Å². The predicted octanol–water partition coefficient (Wildman–Crippen LogP) is 5.29. The van der Waals surface area contributed by atoms with Gasteiger partial charge in [0.25, 0.3) is 0 Å². The average Bonchev–Trinajstić information content (AvgIpc) is 3.14. The lowest BCUT2D eigenvalue weighted by Gasteiger charge is -2.04. The van der Waals surface area contributed by atoms with E-state index in [2.05, 4.69) is 48.5 Å². The molecule has 20 heavy (non-hydrogen) atoms. The van der Waals surface area contributed by atoms with Crippen LogP contribution in [-0.4, -0.2) is 0 Å². The first kappa shape index (κ1) is 10.9. The van der Waals surface area contributed by atoms with Crippen LogP contribution in [0.5, 0.6) is 0 Å². The molecule has 98 valence electrons. The third-order valence-corrected chi connectivity index (χ3v) is 5.43. The second-order valence-corrected chi connectivity index (χ2v) is 6.42. The highest BCUT2D eigenvalue weighted by Gasteiger charge is 2.48. The molecule has 0 saturated heterocycles. The van der Waals surface area contributed by atoms with Crippen molar-refractivity contribution in [2.75, 3.05) is 0 Å². The molecular formula is C20H18. The second-order valence-electron chi connectivity index (χ2n) is 6.42. The molecule has 2 atom stereocenters. The number of hydrogen-bond donors (Lipinski definition) is 0. The van der Waals surface area contributed by atoms with E-state index in [1.807, 2.05) is 0 Å². The van der Waals surface area contributed by atoms with Crippen LogP contribution in [0.2, 0.25) is 0 Å². The highest BCUT2D eigenvalue weighted by Crippen LogP contribution is 2.61. The van der Waals surface area contributed by atoms with Gasteiger partial charge in [0.1, 0.15) is 0 Å². The smallest absolute Gasteiger partial charge is 0.00990 e. The van der Waals surface area contributed by atoms with Crippen LogP contribution >= 0.6 is 0 Å². The largest absolute Gasteiger partial charge is 0.0616 e. The summed E-state index contributed by atoms with van der Waals surface area (Å²) in [5, 5.41) is 0. The molecule has 0 amide bonds. The topological polar surface area (TPSA) is 0 Å². The number of rotatable bonds is 0. The molecule has 0 N–H and O–H groups in total. The van der Waals surface area contributed by atoms with Crippen molar-refractivity contribution >= 4 is 5.57 Å². The number of fused-ring (bicyclic) bond motifs is 4. The van der Waals surface area contributed by atoms with E-state index in [4.69, 9.17) is 0 Å². The van der Waals surface area contributed by atoms with Gasteiger partial charge in [-0.05, 0) is 52.5 Å². The SMILES string of the molecule is c1ccc2c(c1)C(=C1C3CCCCC13)c1ccccc1-2. The maximum Gasteiger partial charge on any atom is -0.00990 e. The first-order chi connectivity index (χ1) is 9.95. The van der Waals surface area contributed by atoms with Gasteiger partial charge in [-0.15, -0.1) is 0 Å². The molecule has 0 nitrogen and oxygen atoms in total. The van der Waals surface area contributed by atoms with Gasteiger partial charge in [-0.25, -0.2) is 0 Å². The van der Waals surface area contributed by atoms with Crippen LogP contribution in [0.25, 0.3) is 16.7 Å². The Balaban J connectivity index is 1.79. The van der Waals surface area contributed by atoms with Gasteiger partial charge in [0.05, 0.1) is 0 Å². The fourth-order valence-electron chi connectivity index (χ4n) is 4.52. The van der Waals surface area contributed by atoms with Crippen molar-refractivity contribution in [3.05, 3.63) is 65.2 Å². The molecule has 5 rings (SSSR count). The molecule has 3 aliphatic carbocycles. The molecule has 2 aromatic carbocycles. The minimum atomic E-state index is 0.901. The van der Waals surface area contributed by atoms with Gasteiger partial charge in [-0.2, -0.15) is 0 Å². The summed E-state index contributed by atoms with van der Waals surface area (Å²) >= 11 is 0. The molecule has 2 aromatic rings. The number of hydrogen-bond acceptors (Lipinski definition) is 0. The minimum Gasteiger partial charge on any atom is -0.0616 e. The quantitative estimate of drug-likeness (QED) is 0.514. The first-order valence-corrected chi connectivity index (χ1v) is 7.88. The summed E-state index contributed by atoms with van der Waals surface area (Å²) in [6, 6.07) is 17.9. The normalized spacial score (nSPS) is 26.0. The third kappa shape index (κ3) is 1.32. The highest BCUT2D eigenvalue weighted by atomic mass is 14.5. The van der Waals surface area contributed by atoms with Crippen LogP contribution in [0.4, 0.5) is 0 Å². The van der Waals surface area contributed by atoms with E-state index in [9.17, 15) is 0 Å². The Bertz CT molecular complexity index is 674. The van der Waals surface area contributed by atoms with Gasteiger partial charge in [-0.1, -0.05) is 66.9 Å². The zero-order valence-electron chi connectivity index (χ0n) is 11.6. The van der Waals surface area contributed by atoms with Crippen molar-refractivity contribution in [1.29, 1.82) is 0 Å². The molecule has 0 aliphatic heterocycles. The van der Waals surface area contributed by atoms with E-state index in [0.29, 0.717) is 0 Å². The summed E-state index contributed by atoms with van der Waals surface area (Å²) in [7, 11) is 0. The Hall–Kier alpha value is -1.82. The first-order valence-electron chi connectivity index (χ1n) is 7.88. The second kappa shape index (κ2) is 3.85. The minimum absolute atomic E-state index is 0.901. The van der Waals surface area contributed by atoms with Crippen LogP contribution < -0.4 is 0 Å². The molecule has 0 radical (unpaired) electrons. The zero-order valence-corrected chi connectivity index (χ0v) is 11.6. The van der Waals surface area contributed by atoms with E-state index < -0.39 is 0 Å². The Morgan fingerprint density at radius 1 is 0.600 bits per heavy atom. The molecule has 2 saturated carbocycles. The molecule has 2 fully saturated rings. The van der Waals surface area contributed by atoms with Crippen LogP contribution in [0.3, 0.4) is 0 Å². The molecule has 0 heterocycles. The summed E-state index contributed by atoms with van der Waals surface area (Å²) in [6.07, 6.45) is 5.71. The van der Waals surface area contributed by atoms with Gasteiger partial charge in [-0.3, -0.25) is 0 Å². The van der Waals surface area contributed by atoms with Crippen molar-refractivity contribution < 1.29 is 0 Å². The lowest BCUT2D eigenvalue weighted by molar-refractivity contribution is 0.480. The number of benzene rings is 2. The molecular weight excluding hydrogens is 240 g/mol. The van der Waals surface area contributed by atoms with Gasteiger partial charge >= 0.3 is 0 Å². The van der Waals surface area contributed by atoms with Gasteiger partial charge in [0.15, 0.2) is 0 Å². The average molecular weight is 258 g/mol. The Morgan fingerprint density at radius 2 is 1.05 bits per heavy atom. The summed E-state index contributed by atoms with van der Waals surface area (Å²) in [4.78, 5) is 0. The van der Waals surface area contributed by atoms with Crippen LogP contribution in [-0.2, 0) is 0 Å². The third-order valence-electron chi connectivity index (χ3n) is 5.43. The monoisotopic (exact) mass is 258 g/mol. The van der Waals surface area contributed by atoms with Gasteiger partial charge < -0.3 is 0 Å². The Kier molecular flexibility index (Phi) is 2.10. The molecule has 2 unspecified atom stereocenters. The van der Waals surface area contributed by atoms with Crippen LogP contribution in [0.15, 0.2) is 54.1 Å². The molecule has 0 aromatic heterocycles. The maximum absolute atomic E-state index is 2.32. The summed E-state index contributed by atoms with van der Waals surface area (Å²) in [5.41, 5.74) is 9.22.